The molecule has 5 aromatic rings. The number of carboxylic acids is 1. The number of rotatable bonds is 6. The molecule has 0 bridgehead atoms. The van der Waals surface area contributed by atoms with Crippen LogP contribution in [0.4, 0.5) is 11.5 Å². The van der Waals surface area contributed by atoms with Gasteiger partial charge < -0.3 is 16.2 Å². The predicted octanol–water partition coefficient (Wildman–Crippen LogP) is 5.20. The van der Waals surface area contributed by atoms with Crippen LogP contribution in [-0.2, 0) is 0 Å². The van der Waals surface area contributed by atoms with E-state index in [0.29, 0.717) is 39.9 Å². The molecule has 0 aliphatic heterocycles. The van der Waals surface area contributed by atoms with Crippen LogP contribution in [0.15, 0.2) is 71.7 Å². The number of para-hydroxylation sites is 1. The van der Waals surface area contributed by atoms with Crippen LogP contribution in [-0.4, -0.2) is 30.4 Å². The number of fused-ring (bicyclic) bond motifs is 1. The minimum Gasteiger partial charge on any atom is -0.478 e. The molecular formula is C30H28N6O3. The fraction of sp³-hybridized carbons (Fsp3) is 0.167. The molecule has 0 amide bonds. The summed E-state index contributed by atoms with van der Waals surface area (Å²) < 4.78 is 1.56. The van der Waals surface area contributed by atoms with E-state index in [4.69, 9.17) is 10.7 Å². The normalized spacial score (nSPS) is 11.9. The molecule has 0 radical (unpaired) electrons. The van der Waals surface area contributed by atoms with Gasteiger partial charge in [0.2, 0.25) is 0 Å². The predicted molar refractivity (Wildman–Crippen MR) is 152 cm³/mol. The lowest BCUT2D eigenvalue weighted by atomic mass is 10.0. The van der Waals surface area contributed by atoms with Gasteiger partial charge in [-0.2, -0.15) is 0 Å². The number of carbonyl (C=O) groups is 1. The van der Waals surface area contributed by atoms with Gasteiger partial charge in [-0.15, -0.1) is 0 Å². The summed E-state index contributed by atoms with van der Waals surface area (Å²) in [4.78, 5) is 38.8. The monoisotopic (exact) mass is 520 g/mol. The Hall–Kier alpha value is -5.05. The van der Waals surface area contributed by atoms with Crippen LogP contribution in [0, 0.1) is 20.8 Å². The highest BCUT2D eigenvalue weighted by atomic mass is 16.4. The number of benzene rings is 2. The number of nitrogens with one attached hydrogen (secondary N) is 1. The van der Waals surface area contributed by atoms with Gasteiger partial charge in [0.25, 0.3) is 5.56 Å². The van der Waals surface area contributed by atoms with Crippen LogP contribution in [0.2, 0.25) is 0 Å². The van der Waals surface area contributed by atoms with Gasteiger partial charge in [-0.05, 0) is 51.5 Å². The molecule has 0 unspecified atom stereocenters. The summed E-state index contributed by atoms with van der Waals surface area (Å²) in [5.41, 5.74) is 12.0. The van der Waals surface area contributed by atoms with E-state index < -0.39 is 5.97 Å². The molecule has 5 rings (SSSR count). The second kappa shape index (κ2) is 10.0. The molecule has 196 valence electrons. The number of nitrogen functional groups attached to an aromatic ring is 1. The van der Waals surface area contributed by atoms with Gasteiger partial charge in [0.15, 0.2) is 0 Å². The Kier molecular flexibility index (Phi) is 6.57. The van der Waals surface area contributed by atoms with E-state index in [-0.39, 0.29) is 17.2 Å². The number of aryl methyl sites for hydroxylation is 2. The Balaban J connectivity index is 1.60. The molecule has 0 aliphatic carbocycles. The van der Waals surface area contributed by atoms with Crippen molar-refractivity contribution in [2.24, 2.45) is 0 Å². The molecule has 2 aromatic carbocycles. The topological polar surface area (TPSA) is 136 Å². The minimum atomic E-state index is -1.02. The number of nitrogens with two attached hydrogens (primary N) is 1. The Morgan fingerprint density at radius 2 is 1.67 bits per heavy atom. The number of hydrogen-bond donors (Lipinski definition) is 3. The third kappa shape index (κ3) is 4.94. The van der Waals surface area contributed by atoms with Crippen LogP contribution in [0.25, 0.3) is 28.2 Å². The van der Waals surface area contributed by atoms with Crippen molar-refractivity contribution in [2.75, 3.05) is 11.1 Å². The molecule has 1 atom stereocenters. The van der Waals surface area contributed by atoms with Crippen molar-refractivity contribution in [3.8, 4) is 22.5 Å². The van der Waals surface area contributed by atoms with Crippen molar-refractivity contribution in [1.82, 2.24) is 19.4 Å². The van der Waals surface area contributed by atoms with Crippen molar-refractivity contribution < 1.29 is 9.90 Å². The molecule has 0 fully saturated rings. The molecule has 9 heteroatoms. The van der Waals surface area contributed by atoms with Crippen LogP contribution in [0.5, 0.6) is 0 Å². The second-order valence-electron chi connectivity index (χ2n) is 9.58. The highest BCUT2D eigenvalue weighted by Crippen LogP contribution is 2.29. The van der Waals surface area contributed by atoms with Gasteiger partial charge in [0.1, 0.15) is 17.3 Å². The van der Waals surface area contributed by atoms with E-state index in [9.17, 15) is 14.7 Å². The van der Waals surface area contributed by atoms with Crippen LogP contribution in [0.1, 0.15) is 45.8 Å². The first-order valence-electron chi connectivity index (χ1n) is 12.5. The summed E-state index contributed by atoms with van der Waals surface area (Å²) in [6, 6.07) is 17.7. The average molecular weight is 521 g/mol. The molecular weight excluding hydrogens is 492 g/mol. The molecule has 0 saturated carbocycles. The summed E-state index contributed by atoms with van der Waals surface area (Å²) in [7, 11) is 0. The van der Waals surface area contributed by atoms with E-state index in [1.165, 1.54) is 0 Å². The van der Waals surface area contributed by atoms with Crippen LogP contribution in [0.3, 0.4) is 0 Å². The third-order valence-electron chi connectivity index (χ3n) is 6.62. The first kappa shape index (κ1) is 25.6. The Morgan fingerprint density at radius 3 is 2.36 bits per heavy atom. The second-order valence-corrected chi connectivity index (χ2v) is 9.58. The smallest absolute Gasteiger partial charge is 0.337 e. The maximum Gasteiger partial charge on any atom is 0.337 e. The average Bonchev–Trinajstić information content (AvgIpc) is 2.90. The highest BCUT2D eigenvalue weighted by molar-refractivity contribution is 5.94. The number of pyridine rings is 1. The van der Waals surface area contributed by atoms with Gasteiger partial charge in [0.05, 0.1) is 23.0 Å². The summed E-state index contributed by atoms with van der Waals surface area (Å²) in [6.45, 7) is 7.39. The Labute approximate surface area is 225 Å². The van der Waals surface area contributed by atoms with Crippen molar-refractivity contribution in [3.05, 3.63) is 105 Å². The summed E-state index contributed by atoms with van der Waals surface area (Å²) in [5.74, 6) is -0.0289. The zero-order chi connectivity index (χ0) is 27.8. The number of aromatic nitrogens is 4. The third-order valence-corrected chi connectivity index (χ3v) is 6.62. The standard InChI is InChI=1S/C30H28N6O3/c1-16-13-23(18(3)32-24-8-6-5-7-22(24)30(38)39)28-35-27(17(2)29(37)36(28)15-16)21-11-9-20(10-12-21)25-14-26(31)34-19(4)33-25/h5-15,18,32H,1-4H3,(H,38,39)(H2,31,33,34)/t18-/m1/s1. The lowest BCUT2D eigenvalue weighted by Crippen LogP contribution is -2.22. The van der Waals surface area contributed by atoms with E-state index in [2.05, 4.69) is 15.3 Å². The van der Waals surface area contributed by atoms with E-state index >= 15 is 0 Å². The number of nitrogens with zero attached hydrogens (tertiary/aromatic N) is 4. The van der Waals surface area contributed by atoms with Crippen molar-refractivity contribution >= 4 is 23.1 Å². The SMILES string of the molecule is Cc1cc([C@@H](C)Nc2ccccc2C(=O)O)c2nc(-c3ccc(-c4cc(N)nc(C)n4)cc3)c(C)c(=O)n2c1. The highest BCUT2D eigenvalue weighted by Gasteiger charge is 2.19. The molecule has 3 aromatic heterocycles. The largest absolute Gasteiger partial charge is 0.478 e. The van der Waals surface area contributed by atoms with Gasteiger partial charge in [0, 0.05) is 40.2 Å². The minimum absolute atomic E-state index is 0.165. The molecule has 0 aliphatic rings. The molecule has 0 saturated heterocycles. The molecule has 0 spiro atoms. The van der Waals surface area contributed by atoms with E-state index in [1.807, 2.05) is 44.2 Å². The zero-order valence-electron chi connectivity index (χ0n) is 22.1. The number of aromatic carboxylic acids is 1. The Morgan fingerprint density at radius 1 is 0.974 bits per heavy atom. The van der Waals surface area contributed by atoms with E-state index in [1.54, 1.807) is 54.8 Å². The van der Waals surface area contributed by atoms with Crippen molar-refractivity contribution in [2.45, 2.75) is 33.7 Å². The molecule has 3 heterocycles. The van der Waals surface area contributed by atoms with E-state index in [0.717, 1.165) is 22.3 Å². The Bertz CT molecular complexity index is 1770. The lowest BCUT2D eigenvalue weighted by molar-refractivity contribution is 0.0698. The van der Waals surface area contributed by atoms with Gasteiger partial charge in [-0.3, -0.25) is 9.20 Å². The zero-order valence-corrected chi connectivity index (χ0v) is 22.1. The van der Waals surface area contributed by atoms with Crippen molar-refractivity contribution in [3.63, 3.8) is 0 Å². The fourth-order valence-corrected chi connectivity index (χ4v) is 4.74. The van der Waals surface area contributed by atoms with Crippen LogP contribution < -0.4 is 16.6 Å². The van der Waals surface area contributed by atoms with Crippen molar-refractivity contribution in [1.29, 1.82) is 0 Å². The van der Waals surface area contributed by atoms with Gasteiger partial charge in [-0.25, -0.2) is 19.7 Å². The maximum atomic E-state index is 13.5. The van der Waals surface area contributed by atoms with Gasteiger partial charge in [-0.1, -0.05) is 36.4 Å². The fourth-order valence-electron chi connectivity index (χ4n) is 4.74. The quantitative estimate of drug-likeness (QED) is 0.278. The lowest BCUT2D eigenvalue weighted by Gasteiger charge is -2.20. The maximum absolute atomic E-state index is 13.5. The molecule has 9 nitrogen and oxygen atoms in total. The number of anilines is 2. The number of carboxylic acid groups (broad SMARTS) is 1. The van der Waals surface area contributed by atoms with Gasteiger partial charge >= 0.3 is 5.97 Å². The first-order valence-corrected chi connectivity index (χ1v) is 12.5. The summed E-state index contributed by atoms with van der Waals surface area (Å²) in [6.07, 6.45) is 1.77. The molecule has 39 heavy (non-hydrogen) atoms. The molecule has 4 N–H and O–H groups in total. The first-order chi connectivity index (χ1) is 18.6. The van der Waals surface area contributed by atoms with Crippen LogP contribution >= 0.6 is 0 Å². The summed E-state index contributed by atoms with van der Waals surface area (Å²) in [5, 5.41) is 12.9. The summed E-state index contributed by atoms with van der Waals surface area (Å²) >= 11 is 0. The number of hydrogen-bond acceptors (Lipinski definition) is 7.